The summed E-state index contributed by atoms with van der Waals surface area (Å²) in [5.41, 5.74) is 2.12. The van der Waals surface area contributed by atoms with E-state index in [2.05, 4.69) is 33.9 Å². The zero-order valence-electron chi connectivity index (χ0n) is 18.4. The molecule has 4 aliphatic carbocycles. The minimum Gasteiger partial charge on any atom is -0.383 e. The van der Waals surface area contributed by atoms with Crippen molar-refractivity contribution in [2.75, 3.05) is 20.3 Å². The Bertz CT molecular complexity index is 902. The van der Waals surface area contributed by atoms with Gasteiger partial charge in [0.2, 0.25) is 5.91 Å². The Morgan fingerprint density at radius 3 is 2.42 bits per heavy atom. The highest BCUT2D eigenvalue weighted by atomic mass is 35.5. The van der Waals surface area contributed by atoms with Gasteiger partial charge < -0.3 is 14.2 Å². The Kier molecular flexibility index (Phi) is 5.87. The highest BCUT2D eigenvalue weighted by Crippen LogP contribution is 2.60. The topological polar surface area (TPSA) is 34.5 Å². The lowest BCUT2D eigenvalue weighted by Gasteiger charge is -2.56. The molecule has 2 aromatic rings. The number of halogens is 1. The van der Waals surface area contributed by atoms with Crippen LogP contribution in [0.5, 0.6) is 0 Å². The third-order valence-corrected chi connectivity index (χ3v) is 8.29. The highest BCUT2D eigenvalue weighted by molar-refractivity contribution is 6.31. The summed E-state index contributed by atoms with van der Waals surface area (Å²) in [4.78, 5) is 16.1. The molecule has 0 spiro atoms. The molecule has 5 heteroatoms. The van der Waals surface area contributed by atoms with Crippen LogP contribution < -0.4 is 0 Å². The van der Waals surface area contributed by atoms with Gasteiger partial charge in [-0.1, -0.05) is 29.8 Å². The van der Waals surface area contributed by atoms with Crippen molar-refractivity contribution in [1.29, 1.82) is 0 Å². The largest absolute Gasteiger partial charge is 0.383 e. The number of carbonyl (C=O) groups excluding carboxylic acids is 1. The predicted octanol–water partition coefficient (Wildman–Crippen LogP) is 5.38. The molecular formula is C26H33ClN2O2. The third-order valence-electron chi connectivity index (χ3n) is 7.92. The van der Waals surface area contributed by atoms with Gasteiger partial charge in [0.15, 0.2) is 0 Å². The molecule has 6 rings (SSSR count). The predicted molar refractivity (Wildman–Crippen MR) is 123 cm³/mol. The van der Waals surface area contributed by atoms with Gasteiger partial charge in [-0.05, 0) is 80.0 Å². The normalized spacial score (nSPS) is 28.8. The number of carbonyl (C=O) groups is 1. The van der Waals surface area contributed by atoms with Crippen LogP contribution in [0.1, 0.15) is 49.8 Å². The Morgan fingerprint density at radius 1 is 1.10 bits per heavy atom. The molecule has 0 saturated heterocycles. The number of benzene rings is 1. The lowest BCUT2D eigenvalue weighted by Crippen LogP contribution is -2.54. The first-order chi connectivity index (χ1) is 15.1. The van der Waals surface area contributed by atoms with E-state index in [0.29, 0.717) is 32.1 Å². The third kappa shape index (κ3) is 4.17. The summed E-state index contributed by atoms with van der Waals surface area (Å²) in [5.74, 6) is 2.67. The fraction of sp³-hybridized carbons (Fsp3) is 0.577. The van der Waals surface area contributed by atoms with Gasteiger partial charge in [0.1, 0.15) is 0 Å². The van der Waals surface area contributed by atoms with Crippen LogP contribution in [0.3, 0.4) is 0 Å². The van der Waals surface area contributed by atoms with Crippen LogP contribution in [0.2, 0.25) is 5.02 Å². The van der Waals surface area contributed by atoms with E-state index in [9.17, 15) is 4.79 Å². The molecule has 0 N–H and O–H groups in total. The average molecular weight is 441 g/mol. The van der Waals surface area contributed by atoms with Gasteiger partial charge in [-0.3, -0.25) is 4.79 Å². The van der Waals surface area contributed by atoms with Crippen molar-refractivity contribution < 1.29 is 9.53 Å². The maximum Gasteiger partial charge on any atom is 0.229 e. The number of rotatable bonds is 8. The van der Waals surface area contributed by atoms with E-state index in [1.165, 1.54) is 19.3 Å². The van der Waals surface area contributed by atoms with Crippen LogP contribution in [-0.2, 0) is 22.6 Å². The fourth-order valence-corrected chi connectivity index (χ4v) is 7.11. The summed E-state index contributed by atoms with van der Waals surface area (Å²) >= 11 is 6.40. The van der Waals surface area contributed by atoms with E-state index in [4.69, 9.17) is 16.3 Å². The zero-order chi connectivity index (χ0) is 21.4. The molecule has 4 bridgehead atoms. The maximum atomic E-state index is 14.0. The van der Waals surface area contributed by atoms with Crippen molar-refractivity contribution in [2.24, 2.45) is 23.2 Å². The summed E-state index contributed by atoms with van der Waals surface area (Å²) in [5, 5.41) is 0.781. The Morgan fingerprint density at radius 2 is 1.77 bits per heavy atom. The van der Waals surface area contributed by atoms with E-state index in [-0.39, 0.29) is 5.41 Å². The van der Waals surface area contributed by atoms with Gasteiger partial charge in [-0.2, -0.15) is 0 Å². The van der Waals surface area contributed by atoms with E-state index in [0.717, 1.165) is 53.3 Å². The number of aromatic nitrogens is 1. The van der Waals surface area contributed by atoms with Crippen LogP contribution in [0.25, 0.3) is 0 Å². The molecule has 0 unspecified atom stereocenters. The summed E-state index contributed by atoms with van der Waals surface area (Å²) in [7, 11) is 1.72. The summed E-state index contributed by atoms with van der Waals surface area (Å²) in [6, 6.07) is 12.2. The van der Waals surface area contributed by atoms with E-state index in [1.807, 2.05) is 18.2 Å². The van der Waals surface area contributed by atoms with Crippen LogP contribution in [0, 0.1) is 23.2 Å². The second-order valence-electron chi connectivity index (χ2n) is 10.1. The first-order valence-electron chi connectivity index (χ1n) is 11.7. The second kappa shape index (κ2) is 8.63. The number of hydrogen-bond donors (Lipinski definition) is 0. The Balaban J connectivity index is 1.36. The molecule has 1 amide bonds. The highest BCUT2D eigenvalue weighted by Gasteiger charge is 2.55. The van der Waals surface area contributed by atoms with Gasteiger partial charge in [-0.25, -0.2) is 0 Å². The minimum atomic E-state index is -0.122. The molecule has 1 aromatic heterocycles. The van der Waals surface area contributed by atoms with Crippen LogP contribution in [0.4, 0.5) is 0 Å². The van der Waals surface area contributed by atoms with Gasteiger partial charge in [-0.15, -0.1) is 0 Å². The molecule has 31 heavy (non-hydrogen) atoms. The van der Waals surface area contributed by atoms with Crippen molar-refractivity contribution >= 4 is 17.5 Å². The van der Waals surface area contributed by atoms with Crippen molar-refractivity contribution in [3.8, 4) is 0 Å². The standard InChI is InChI=1S/C26H33ClN2O2/c1-31-10-9-29(25(30)26-14-19-11-20(15-26)13-21(12-19)16-26)18-23-6-4-8-28(23)17-22-5-2-3-7-24(22)27/h2-8,19-21H,9-18H2,1H3. The molecule has 166 valence electrons. The van der Waals surface area contributed by atoms with Crippen molar-refractivity contribution in [2.45, 2.75) is 51.6 Å². The van der Waals surface area contributed by atoms with Crippen LogP contribution >= 0.6 is 11.6 Å². The smallest absolute Gasteiger partial charge is 0.229 e. The second-order valence-corrected chi connectivity index (χ2v) is 10.5. The molecule has 4 saturated carbocycles. The molecule has 0 aliphatic heterocycles. The molecule has 1 heterocycles. The Hall–Kier alpha value is -1.78. The Labute approximate surface area is 190 Å². The zero-order valence-corrected chi connectivity index (χ0v) is 19.2. The maximum absolute atomic E-state index is 14.0. The lowest BCUT2D eigenvalue weighted by atomic mass is 9.49. The molecule has 0 radical (unpaired) electrons. The first-order valence-corrected chi connectivity index (χ1v) is 12.1. The number of hydrogen-bond acceptors (Lipinski definition) is 2. The number of amides is 1. The number of methoxy groups -OCH3 is 1. The fourth-order valence-electron chi connectivity index (χ4n) is 6.91. The van der Waals surface area contributed by atoms with E-state index < -0.39 is 0 Å². The van der Waals surface area contributed by atoms with Crippen molar-refractivity contribution in [3.05, 3.63) is 58.9 Å². The molecule has 4 fully saturated rings. The summed E-state index contributed by atoms with van der Waals surface area (Å²) < 4.78 is 7.60. The van der Waals surface area contributed by atoms with Crippen LogP contribution in [-0.4, -0.2) is 35.6 Å². The number of ether oxygens (including phenoxy) is 1. The van der Waals surface area contributed by atoms with E-state index in [1.54, 1.807) is 7.11 Å². The quantitative estimate of drug-likeness (QED) is 0.552. The molecular weight excluding hydrogens is 408 g/mol. The monoisotopic (exact) mass is 440 g/mol. The SMILES string of the molecule is COCCN(Cc1cccn1Cc1ccccc1Cl)C(=O)C12CC3CC(CC(C3)C1)C2. The molecule has 0 atom stereocenters. The van der Waals surface area contributed by atoms with Crippen molar-refractivity contribution in [3.63, 3.8) is 0 Å². The first kappa shape index (κ1) is 21.1. The van der Waals surface area contributed by atoms with Crippen LogP contribution in [0.15, 0.2) is 42.6 Å². The van der Waals surface area contributed by atoms with Gasteiger partial charge in [0.25, 0.3) is 0 Å². The summed E-state index contributed by atoms with van der Waals surface area (Å²) in [6.07, 6.45) is 9.44. The molecule has 1 aromatic carbocycles. The number of nitrogens with zero attached hydrogens (tertiary/aromatic N) is 2. The minimum absolute atomic E-state index is 0.122. The molecule has 4 aliphatic rings. The van der Waals surface area contributed by atoms with Crippen molar-refractivity contribution in [1.82, 2.24) is 9.47 Å². The van der Waals surface area contributed by atoms with E-state index >= 15 is 0 Å². The van der Waals surface area contributed by atoms with Gasteiger partial charge >= 0.3 is 0 Å². The molecule has 4 nitrogen and oxygen atoms in total. The van der Waals surface area contributed by atoms with Gasteiger partial charge in [0, 0.05) is 37.1 Å². The average Bonchev–Trinajstić information content (AvgIpc) is 3.18. The van der Waals surface area contributed by atoms with Gasteiger partial charge in [0.05, 0.1) is 18.6 Å². The lowest BCUT2D eigenvalue weighted by molar-refractivity contribution is -0.159. The summed E-state index contributed by atoms with van der Waals surface area (Å²) in [6.45, 7) is 2.56.